The van der Waals surface area contributed by atoms with Gasteiger partial charge in [0, 0.05) is 5.69 Å². The summed E-state index contributed by atoms with van der Waals surface area (Å²) in [5.74, 6) is 1.00. The third kappa shape index (κ3) is 4.49. The Morgan fingerprint density at radius 2 is 1.87 bits per heavy atom. The number of para-hydroxylation sites is 1. The highest BCUT2D eigenvalue weighted by atomic mass is 16.5. The van der Waals surface area contributed by atoms with Crippen LogP contribution in [0.2, 0.25) is 0 Å². The summed E-state index contributed by atoms with van der Waals surface area (Å²) in [5, 5.41) is 6.11. The van der Waals surface area contributed by atoms with Crippen molar-refractivity contribution >= 4 is 17.3 Å². The molecule has 0 saturated heterocycles. The molecular formula is C19H24N2O2. The summed E-state index contributed by atoms with van der Waals surface area (Å²) >= 11 is 0. The van der Waals surface area contributed by atoms with Crippen molar-refractivity contribution in [2.75, 3.05) is 24.3 Å². The Balaban J connectivity index is 2.03. The summed E-state index contributed by atoms with van der Waals surface area (Å²) in [4.78, 5) is 12.2. The Morgan fingerprint density at radius 1 is 1.13 bits per heavy atom. The highest BCUT2D eigenvalue weighted by Gasteiger charge is 2.10. The van der Waals surface area contributed by atoms with Gasteiger partial charge >= 0.3 is 0 Å². The van der Waals surface area contributed by atoms with Crippen molar-refractivity contribution in [3.8, 4) is 5.75 Å². The van der Waals surface area contributed by atoms with Gasteiger partial charge in [-0.1, -0.05) is 38.1 Å². The van der Waals surface area contributed by atoms with E-state index in [1.807, 2.05) is 49.4 Å². The number of aryl methyl sites for hydroxylation is 1. The lowest BCUT2D eigenvalue weighted by Gasteiger charge is -2.15. The SMILES string of the molecule is COc1ccc(C)cc1NCC(=O)Nc1ccccc1C(C)C. The van der Waals surface area contributed by atoms with Crippen LogP contribution in [0.3, 0.4) is 0 Å². The lowest BCUT2D eigenvalue weighted by Crippen LogP contribution is -2.22. The summed E-state index contributed by atoms with van der Waals surface area (Å²) in [5.41, 5.74) is 3.93. The molecule has 0 bridgehead atoms. The van der Waals surface area contributed by atoms with E-state index in [9.17, 15) is 4.79 Å². The molecule has 4 nitrogen and oxygen atoms in total. The first kappa shape index (κ1) is 16.9. The van der Waals surface area contributed by atoms with Crippen LogP contribution in [-0.2, 0) is 4.79 Å². The molecule has 0 saturated carbocycles. The highest BCUT2D eigenvalue weighted by molar-refractivity contribution is 5.94. The Morgan fingerprint density at radius 3 is 2.57 bits per heavy atom. The maximum absolute atomic E-state index is 12.2. The molecule has 0 spiro atoms. The number of ether oxygens (including phenoxy) is 1. The quantitative estimate of drug-likeness (QED) is 0.841. The van der Waals surface area contributed by atoms with Crippen molar-refractivity contribution in [3.63, 3.8) is 0 Å². The van der Waals surface area contributed by atoms with Crippen molar-refractivity contribution in [3.05, 3.63) is 53.6 Å². The topological polar surface area (TPSA) is 50.4 Å². The molecular weight excluding hydrogens is 288 g/mol. The lowest BCUT2D eigenvalue weighted by atomic mass is 10.0. The lowest BCUT2D eigenvalue weighted by molar-refractivity contribution is -0.114. The summed E-state index contributed by atoms with van der Waals surface area (Å²) in [7, 11) is 1.62. The van der Waals surface area contributed by atoms with Gasteiger partial charge in [-0.3, -0.25) is 4.79 Å². The van der Waals surface area contributed by atoms with Gasteiger partial charge in [-0.05, 0) is 42.2 Å². The molecule has 23 heavy (non-hydrogen) atoms. The Kier molecular flexibility index (Phi) is 5.63. The Labute approximate surface area is 137 Å². The zero-order chi connectivity index (χ0) is 16.8. The number of benzene rings is 2. The van der Waals surface area contributed by atoms with Crippen molar-refractivity contribution in [2.24, 2.45) is 0 Å². The van der Waals surface area contributed by atoms with E-state index < -0.39 is 0 Å². The monoisotopic (exact) mass is 312 g/mol. The van der Waals surface area contributed by atoms with Gasteiger partial charge in [0.1, 0.15) is 5.75 Å². The van der Waals surface area contributed by atoms with E-state index in [-0.39, 0.29) is 12.5 Å². The van der Waals surface area contributed by atoms with E-state index >= 15 is 0 Å². The van der Waals surface area contributed by atoms with Crippen LogP contribution in [0.25, 0.3) is 0 Å². The molecule has 122 valence electrons. The molecule has 0 heterocycles. The third-order valence-corrected chi connectivity index (χ3v) is 3.65. The van der Waals surface area contributed by atoms with Crippen LogP contribution in [0, 0.1) is 6.92 Å². The zero-order valence-corrected chi connectivity index (χ0v) is 14.1. The number of rotatable bonds is 6. The van der Waals surface area contributed by atoms with Crippen LogP contribution in [0.5, 0.6) is 5.75 Å². The second kappa shape index (κ2) is 7.68. The largest absolute Gasteiger partial charge is 0.495 e. The molecule has 1 amide bonds. The fourth-order valence-electron chi connectivity index (χ4n) is 2.44. The van der Waals surface area contributed by atoms with Crippen molar-refractivity contribution in [1.82, 2.24) is 0 Å². The normalized spacial score (nSPS) is 10.5. The minimum atomic E-state index is -0.0818. The average Bonchev–Trinajstić information content (AvgIpc) is 2.53. The van der Waals surface area contributed by atoms with Gasteiger partial charge < -0.3 is 15.4 Å². The van der Waals surface area contributed by atoms with Crippen LogP contribution >= 0.6 is 0 Å². The molecule has 4 heteroatoms. The smallest absolute Gasteiger partial charge is 0.243 e. The molecule has 0 atom stereocenters. The first-order valence-electron chi connectivity index (χ1n) is 7.78. The zero-order valence-electron chi connectivity index (χ0n) is 14.1. The number of amides is 1. The van der Waals surface area contributed by atoms with E-state index in [2.05, 4.69) is 24.5 Å². The number of carbonyl (C=O) groups is 1. The van der Waals surface area contributed by atoms with Gasteiger partial charge in [0.25, 0.3) is 0 Å². The van der Waals surface area contributed by atoms with Crippen molar-refractivity contribution < 1.29 is 9.53 Å². The molecule has 2 aromatic carbocycles. The van der Waals surface area contributed by atoms with Crippen molar-refractivity contribution in [2.45, 2.75) is 26.7 Å². The van der Waals surface area contributed by atoms with Gasteiger partial charge in [0.2, 0.25) is 5.91 Å². The Hall–Kier alpha value is -2.49. The maximum atomic E-state index is 12.2. The minimum Gasteiger partial charge on any atom is -0.495 e. The molecule has 0 aromatic heterocycles. The summed E-state index contributed by atoms with van der Waals surface area (Å²) in [6, 6.07) is 13.7. The molecule has 0 fully saturated rings. The number of anilines is 2. The van der Waals surface area contributed by atoms with Gasteiger partial charge in [-0.15, -0.1) is 0 Å². The van der Waals surface area contributed by atoms with Crippen LogP contribution in [0.1, 0.15) is 30.9 Å². The first-order valence-corrected chi connectivity index (χ1v) is 7.78. The summed E-state index contributed by atoms with van der Waals surface area (Å²) in [6.45, 7) is 6.41. The molecule has 2 rings (SSSR count). The number of carbonyl (C=O) groups excluding carboxylic acids is 1. The molecule has 0 aliphatic rings. The Bertz CT molecular complexity index is 681. The molecule has 2 aromatic rings. The number of hydrogen-bond acceptors (Lipinski definition) is 3. The first-order chi connectivity index (χ1) is 11.0. The summed E-state index contributed by atoms with van der Waals surface area (Å²) < 4.78 is 5.31. The van der Waals surface area contributed by atoms with E-state index in [0.29, 0.717) is 5.92 Å². The molecule has 0 aliphatic heterocycles. The predicted molar refractivity (Wildman–Crippen MR) is 95.4 cm³/mol. The second-order valence-corrected chi connectivity index (χ2v) is 5.85. The fraction of sp³-hybridized carbons (Fsp3) is 0.316. The number of hydrogen-bond donors (Lipinski definition) is 2. The standard InChI is InChI=1S/C19H24N2O2/c1-13(2)15-7-5-6-8-16(15)21-19(22)12-20-17-11-14(3)9-10-18(17)23-4/h5-11,13,20H,12H2,1-4H3,(H,21,22). The third-order valence-electron chi connectivity index (χ3n) is 3.65. The van der Waals surface area contributed by atoms with Crippen LogP contribution in [0.4, 0.5) is 11.4 Å². The highest BCUT2D eigenvalue weighted by Crippen LogP contribution is 2.26. The van der Waals surface area contributed by atoms with Gasteiger partial charge in [-0.25, -0.2) is 0 Å². The second-order valence-electron chi connectivity index (χ2n) is 5.85. The van der Waals surface area contributed by atoms with Crippen LogP contribution < -0.4 is 15.4 Å². The summed E-state index contributed by atoms with van der Waals surface area (Å²) in [6.07, 6.45) is 0. The van der Waals surface area contributed by atoms with E-state index in [0.717, 1.165) is 28.3 Å². The minimum absolute atomic E-state index is 0.0818. The fourth-order valence-corrected chi connectivity index (χ4v) is 2.44. The van der Waals surface area contributed by atoms with Gasteiger partial charge in [-0.2, -0.15) is 0 Å². The van der Waals surface area contributed by atoms with E-state index in [1.165, 1.54) is 0 Å². The molecule has 0 unspecified atom stereocenters. The van der Waals surface area contributed by atoms with Gasteiger partial charge in [0.05, 0.1) is 19.3 Å². The van der Waals surface area contributed by atoms with Crippen LogP contribution in [0.15, 0.2) is 42.5 Å². The van der Waals surface area contributed by atoms with Crippen molar-refractivity contribution in [1.29, 1.82) is 0 Å². The average molecular weight is 312 g/mol. The molecule has 0 radical (unpaired) electrons. The van der Waals surface area contributed by atoms with E-state index in [4.69, 9.17) is 4.74 Å². The molecule has 0 aliphatic carbocycles. The predicted octanol–water partition coefficient (Wildman–Crippen LogP) is 4.18. The number of nitrogens with one attached hydrogen (secondary N) is 2. The van der Waals surface area contributed by atoms with Gasteiger partial charge in [0.15, 0.2) is 0 Å². The molecule has 2 N–H and O–H groups in total. The number of methoxy groups -OCH3 is 1. The van der Waals surface area contributed by atoms with Crippen LogP contribution in [-0.4, -0.2) is 19.6 Å². The maximum Gasteiger partial charge on any atom is 0.243 e. The van der Waals surface area contributed by atoms with E-state index in [1.54, 1.807) is 7.11 Å².